The van der Waals surface area contributed by atoms with E-state index in [4.69, 9.17) is 11.6 Å². The maximum Gasteiger partial charge on any atom is 0.0485 e. The van der Waals surface area contributed by atoms with Crippen LogP contribution in [0.15, 0.2) is 103 Å². The van der Waals surface area contributed by atoms with Gasteiger partial charge in [-0.25, -0.2) is 0 Å². The Bertz CT molecular complexity index is 628. The molecule has 0 spiro atoms. The number of hydrogen-bond donors (Lipinski definition) is 5. The van der Waals surface area contributed by atoms with E-state index >= 15 is 0 Å². The molecule has 0 heterocycles. The molecule has 0 fully saturated rings. The highest BCUT2D eigenvalue weighted by atomic mass is 15.2. The Hall–Kier alpha value is -3.35. The van der Waals surface area contributed by atoms with Crippen LogP contribution in [0.3, 0.4) is 0 Å². The quantitative estimate of drug-likeness (QED) is 0.0787. The maximum absolute atomic E-state index is 5.15. The Balaban J connectivity index is -0.0000000537. The summed E-state index contributed by atoms with van der Waals surface area (Å²) in [5.41, 5.74) is 14.1. The summed E-state index contributed by atoms with van der Waals surface area (Å²) >= 11 is 0. The molecule has 6 nitrogen and oxygen atoms in total. The number of benzene rings is 1. The molecule has 0 aromatic heterocycles. The van der Waals surface area contributed by atoms with Crippen LogP contribution in [0.2, 0.25) is 0 Å². The van der Waals surface area contributed by atoms with Gasteiger partial charge in [0, 0.05) is 19.3 Å². The van der Waals surface area contributed by atoms with E-state index in [1.807, 2.05) is 113 Å². The number of aliphatic imine (C=N–C) groups is 1. The molecule has 42 heavy (non-hydrogen) atoms. The summed E-state index contributed by atoms with van der Waals surface area (Å²) in [4.78, 5) is 3.61. The molecule has 0 radical (unpaired) electrons. The van der Waals surface area contributed by atoms with E-state index in [9.17, 15) is 0 Å². The Morgan fingerprint density at radius 2 is 1.26 bits per heavy atom. The van der Waals surface area contributed by atoms with E-state index in [-0.39, 0.29) is 0 Å². The number of rotatable bonds is 4. The average Bonchev–Trinajstić information content (AvgIpc) is 3.41. The lowest BCUT2D eigenvalue weighted by molar-refractivity contribution is 0.876. The average molecular weight is 591 g/mol. The number of nitrogens with zero attached hydrogens (tertiary/aromatic N) is 1. The molecule has 1 aromatic carbocycles. The molecular formula is C36H74N6. The largest absolute Gasteiger partial charge is 0.405 e. The molecule has 248 valence electrons. The van der Waals surface area contributed by atoms with Crippen molar-refractivity contribution in [2.24, 2.45) is 22.3 Å². The molecule has 0 aliphatic heterocycles. The van der Waals surface area contributed by atoms with E-state index in [1.54, 1.807) is 31.6 Å². The van der Waals surface area contributed by atoms with Crippen LogP contribution in [0.1, 0.15) is 94.1 Å². The smallest absolute Gasteiger partial charge is 0.0485 e. The minimum atomic E-state index is 0.945. The van der Waals surface area contributed by atoms with Crippen molar-refractivity contribution < 1.29 is 0 Å². The topological polar surface area (TPSA) is 114 Å². The number of nitrogen functional groups attached to an aromatic ring is 1. The lowest BCUT2D eigenvalue weighted by atomic mass is 10.2. The highest BCUT2D eigenvalue weighted by Crippen LogP contribution is 2.05. The molecule has 1 aliphatic rings. The van der Waals surface area contributed by atoms with Crippen LogP contribution in [0.5, 0.6) is 0 Å². The lowest BCUT2D eigenvalue weighted by Crippen LogP contribution is -2.05. The summed E-state index contributed by atoms with van der Waals surface area (Å²) in [6.45, 7) is 29.8. The fourth-order valence-electron chi connectivity index (χ4n) is 1.58. The molecule has 0 unspecified atom stereocenters. The van der Waals surface area contributed by atoms with Gasteiger partial charge in [0.05, 0.1) is 0 Å². The van der Waals surface area contributed by atoms with Gasteiger partial charge < -0.3 is 27.2 Å². The first-order valence-electron chi connectivity index (χ1n) is 15.2. The molecule has 6 heteroatoms. The number of aryl methyl sites for hydroxylation is 1. The number of hydrazine groups is 1. The van der Waals surface area contributed by atoms with Crippen LogP contribution in [0, 0.1) is 6.92 Å². The zero-order valence-electron chi connectivity index (χ0n) is 30.1. The van der Waals surface area contributed by atoms with Crippen molar-refractivity contribution in [2.75, 3.05) is 26.1 Å². The first-order chi connectivity index (χ1) is 20.5. The first-order valence-corrected chi connectivity index (χ1v) is 15.2. The van der Waals surface area contributed by atoms with Gasteiger partial charge in [0.25, 0.3) is 0 Å². The molecule has 1 aliphatic carbocycles. The number of anilines is 1. The zero-order chi connectivity index (χ0) is 34.7. The van der Waals surface area contributed by atoms with Crippen molar-refractivity contribution in [1.29, 1.82) is 0 Å². The summed E-state index contributed by atoms with van der Waals surface area (Å²) in [5.74, 6) is 5.15. The molecule has 1 aromatic rings. The molecule has 8 N–H and O–H groups in total. The second-order valence-corrected chi connectivity index (χ2v) is 6.36. The van der Waals surface area contributed by atoms with Crippen LogP contribution < -0.4 is 28.1 Å². The second-order valence-electron chi connectivity index (χ2n) is 6.36. The molecule has 2 rings (SSSR count). The van der Waals surface area contributed by atoms with Gasteiger partial charge >= 0.3 is 0 Å². The van der Waals surface area contributed by atoms with Crippen molar-refractivity contribution in [3.63, 3.8) is 0 Å². The molecule has 0 amide bonds. The van der Waals surface area contributed by atoms with Gasteiger partial charge in [0.2, 0.25) is 0 Å². The third kappa shape index (κ3) is 99.4. The van der Waals surface area contributed by atoms with Crippen LogP contribution in [-0.4, -0.2) is 26.9 Å². The Labute approximate surface area is 264 Å². The zero-order valence-corrected chi connectivity index (χ0v) is 30.1. The standard InChI is InChI=1S/C7H10N2.C7H10.C4H9N.C4H7N.C4H8.C3H7N.3C2H6.CH5N/c1-6-2-4-7(9-8)5-3-6;1-2-4-6-7-5-3-1;1-3-5-4-2;1-2-3-4-5;2*1-3-4-2;4*1-2/h2-5,9H,8H2,1H3;1-4H,5-7H2;3,5H,1,4H2,2H3;2-4H,1,5H2;3-4H,1-2H3;3H,1-2H3;3*1-2H3;2H2,1H3/b;;;4-3+;4-3-;;;;;. The highest BCUT2D eigenvalue weighted by Gasteiger charge is 1.84. The number of allylic oxidation sites excluding steroid dienone is 8. The fraction of sp³-hybridized carbons (Fsp3) is 0.472. The van der Waals surface area contributed by atoms with Gasteiger partial charge in [-0.2, -0.15) is 0 Å². The maximum atomic E-state index is 5.15. The number of nitrogens with two attached hydrogens (primary N) is 3. The van der Waals surface area contributed by atoms with Gasteiger partial charge in [-0.1, -0.05) is 115 Å². The van der Waals surface area contributed by atoms with Crippen molar-refractivity contribution in [3.05, 3.63) is 104 Å². The summed E-state index contributed by atoms with van der Waals surface area (Å²) in [5, 5.41) is 2.88. The van der Waals surface area contributed by atoms with Crippen LogP contribution in [0.4, 0.5) is 5.69 Å². The minimum absolute atomic E-state index is 0.945. The Morgan fingerprint density at radius 1 is 0.857 bits per heavy atom. The monoisotopic (exact) mass is 591 g/mol. The number of nitrogens with one attached hydrogen (secondary N) is 2. The van der Waals surface area contributed by atoms with Gasteiger partial charge in [0.1, 0.15) is 0 Å². The van der Waals surface area contributed by atoms with E-state index in [0.29, 0.717) is 0 Å². The van der Waals surface area contributed by atoms with Crippen LogP contribution >= 0.6 is 0 Å². The van der Waals surface area contributed by atoms with Crippen molar-refractivity contribution in [1.82, 2.24) is 5.32 Å². The second kappa shape index (κ2) is 83.2. The molecule has 0 saturated heterocycles. The highest BCUT2D eigenvalue weighted by molar-refractivity contribution is 5.52. The van der Waals surface area contributed by atoms with Gasteiger partial charge in [-0.05, 0) is 97.8 Å². The molecular weight excluding hydrogens is 516 g/mol. The lowest BCUT2D eigenvalue weighted by Gasteiger charge is -1.97. The van der Waals surface area contributed by atoms with Gasteiger partial charge in [-0.3, -0.25) is 5.84 Å². The van der Waals surface area contributed by atoms with Crippen molar-refractivity contribution in [3.8, 4) is 0 Å². The molecule has 0 bridgehead atoms. The third-order valence-corrected chi connectivity index (χ3v) is 3.53. The third-order valence-electron chi connectivity index (χ3n) is 3.53. The summed E-state index contributed by atoms with van der Waals surface area (Å²) < 4.78 is 0. The SMILES string of the molecule is C/C=C\C.C1=CCCCC=C1.C=C/C=C/N.C=CNCC.CC.CC.CC.CC=NC.CN.Cc1ccc(NN)cc1. The minimum Gasteiger partial charge on any atom is -0.405 e. The van der Waals surface area contributed by atoms with E-state index < -0.39 is 0 Å². The predicted octanol–water partition coefficient (Wildman–Crippen LogP) is 9.89. The summed E-state index contributed by atoms with van der Waals surface area (Å²) in [6.07, 6.45) is 24.7. The predicted molar refractivity (Wildman–Crippen MR) is 203 cm³/mol. The van der Waals surface area contributed by atoms with E-state index in [0.717, 1.165) is 12.2 Å². The van der Waals surface area contributed by atoms with Crippen molar-refractivity contribution in [2.45, 2.75) is 95.4 Å². The van der Waals surface area contributed by atoms with Crippen LogP contribution in [0.25, 0.3) is 0 Å². The van der Waals surface area contributed by atoms with Crippen LogP contribution in [-0.2, 0) is 0 Å². The Kier molecular flexibility index (Phi) is 116. The molecule has 0 atom stereocenters. The normalized spacial score (nSPS) is 9.40. The van der Waals surface area contributed by atoms with Gasteiger partial charge in [-0.15, -0.1) is 0 Å². The van der Waals surface area contributed by atoms with Crippen molar-refractivity contribution >= 4 is 11.9 Å². The summed E-state index contributed by atoms with van der Waals surface area (Å²) in [7, 11) is 3.25. The van der Waals surface area contributed by atoms with E-state index in [1.165, 1.54) is 38.1 Å². The molecule has 0 saturated carbocycles. The fourth-order valence-corrected chi connectivity index (χ4v) is 1.58. The number of hydrogen-bond acceptors (Lipinski definition) is 6. The first kappa shape index (κ1) is 58.3. The Morgan fingerprint density at radius 3 is 1.45 bits per heavy atom. The van der Waals surface area contributed by atoms with Gasteiger partial charge in [0.15, 0.2) is 0 Å². The van der Waals surface area contributed by atoms with E-state index in [2.05, 4.69) is 58.9 Å². The summed E-state index contributed by atoms with van der Waals surface area (Å²) in [6, 6.07) is 7.90.